The van der Waals surface area contributed by atoms with Gasteiger partial charge in [-0.2, -0.15) is 0 Å². The number of nitrogen functional groups attached to an aromatic ring is 1. The molecule has 2 aromatic rings. The number of nitrogens with one attached hydrogen (secondary N) is 3. The first kappa shape index (κ1) is 11.8. The van der Waals surface area contributed by atoms with E-state index in [4.69, 9.17) is 5.73 Å². The zero-order valence-corrected chi connectivity index (χ0v) is 11.0. The maximum Gasteiger partial charge on any atom is 0.268 e. The molecule has 0 bridgehead atoms. The standard InChI is InChI=1S/C13H17N5O/c1-6-7(2)17-11-10(6)8(3-4-15-12(11)19)9-5-16-13(14)18-9/h5,8,17H,3-4H2,1-2H3,(H,15,19)(H3,14,16,18). The molecule has 6 heteroatoms. The first-order chi connectivity index (χ1) is 9.08. The number of hydrogen-bond acceptors (Lipinski definition) is 3. The van der Waals surface area contributed by atoms with E-state index < -0.39 is 0 Å². The zero-order chi connectivity index (χ0) is 13.6. The Morgan fingerprint density at radius 2 is 2.16 bits per heavy atom. The highest BCUT2D eigenvalue weighted by molar-refractivity contribution is 5.95. The number of aromatic nitrogens is 3. The molecule has 0 spiro atoms. The van der Waals surface area contributed by atoms with Gasteiger partial charge in [-0.05, 0) is 31.4 Å². The van der Waals surface area contributed by atoms with Crippen LogP contribution in [0.5, 0.6) is 0 Å². The summed E-state index contributed by atoms with van der Waals surface area (Å²) in [7, 11) is 0. The maximum absolute atomic E-state index is 12.1. The first-order valence-corrected chi connectivity index (χ1v) is 6.35. The Balaban J connectivity index is 2.16. The van der Waals surface area contributed by atoms with Crippen molar-refractivity contribution in [3.63, 3.8) is 0 Å². The minimum atomic E-state index is -0.0406. The zero-order valence-electron chi connectivity index (χ0n) is 11.0. The first-order valence-electron chi connectivity index (χ1n) is 6.35. The molecule has 1 amide bonds. The van der Waals surface area contributed by atoms with Crippen molar-refractivity contribution in [1.82, 2.24) is 20.3 Å². The number of hydrogen-bond donors (Lipinski definition) is 4. The van der Waals surface area contributed by atoms with Crippen molar-refractivity contribution in [2.45, 2.75) is 26.2 Å². The molecule has 0 saturated carbocycles. The summed E-state index contributed by atoms with van der Waals surface area (Å²) < 4.78 is 0. The summed E-state index contributed by atoms with van der Waals surface area (Å²) in [4.78, 5) is 22.4. The molecule has 5 N–H and O–H groups in total. The third kappa shape index (κ3) is 1.80. The maximum atomic E-state index is 12.1. The minimum absolute atomic E-state index is 0.0406. The van der Waals surface area contributed by atoms with Crippen LogP contribution in [0.2, 0.25) is 0 Å². The van der Waals surface area contributed by atoms with Crippen LogP contribution in [0, 0.1) is 13.8 Å². The van der Waals surface area contributed by atoms with Crippen molar-refractivity contribution >= 4 is 11.9 Å². The molecule has 2 aromatic heterocycles. The van der Waals surface area contributed by atoms with Crippen LogP contribution in [0.25, 0.3) is 0 Å². The number of aromatic amines is 2. The molecule has 3 rings (SSSR count). The van der Waals surface area contributed by atoms with E-state index in [0.29, 0.717) is 18.2 Å². The fourth-order valence-electron chi connectivity index (χ4n) is 2.76. The van der Waals surface area contributed by atoms with Crippen molar-refractivity contribution in [1.29, 1.82) is 0 Å². The smallest absolute Gasteiger partial charge is 0.268 e. The lowest BCUT2D eigenvalue weighted by Crippen LogP contribution is -2.23. The van der Waals surface area contributed by atoms with Crippen LogP contribution in [0.4, 0.5) is 5.95 Å². The number of carbonyl (C=O) groups excluding carboxylic acids is 1. The summed E-state index contributed by atoms with van der Waals surface area (Å²) in [5, 5.41) is 2.91. The second kappa shape index (κ2) is 4.15. The van der Waals surface area contributed by atoms with Crippen LogP contribution < -0.4 is 11.1 Å². The second-order valence-corrected chi connectivity index (χ2v) is 4.98. The molecule has 1 aliphatic heterocycles. The number of anilines is 1. The highest BCUT2D eigenvalue weighted by atomic mass is 16.1. The number of nitrogens with two attached hydrogens (primary N) is 1. The van der Waals surface area contributed by atoms with Gasteiger partial charge in [0.1, 0.15) is 5.69 Å². The van der Waals surface area contributed by atoms with Crippen LogP contribution in [-0.2, 0) is 0 Å². The van der Waals surface area contributed by atoms with Gasteiger partial charge in [0, 0.05) is 23.9 Å². The van der Waals surface area contributed by atoms with Gasteiger partial charge in [-0.15, -0.1) is 0 Å². The highest BCUT2D eigenvalue weighted by Crippen LogP contribution is 2.34. The second-order valence-electron chi connectivity index (χ2n) is 4.98. The summed E-state index contributed by atoms with van der Waals surface area (Å²) >= 11 is 0. The summed E-state index contributed by atoms with van der Waals surface area (Å²) in [5.74, 6) is 0.481. The molecule has 0 aliphatic carbocycles. The lowest BCUT2D eigenvalue weighted by Gasteiger charge is -2.13. The Morgan fingerprint density at radius 3 is 2.84 bits per heavy atom. The molecule has 0 saturated heterocycles. The molecule has 0 fully saturated rings. The van der Waals surface area contributed by atoms with Gasteiger partial charge >= 0.3 is 0 Å². The molecule has 1 unspecified atom stereocenters. The van der Waals surface area contributed by atoms with Gasteiger partial charge in [0.25, 0.3) is 5.91 Å². The monoisotopic (exact) mass is 259 g/mol. The Morgan fingerprint density at radius 1 is 1.37 bits per heavy atom. The predicted octanol–water partition coefficient (Wildman–Crippen LogP) is 1.20. The molecular weight excluding hydrogens is 242 g/mol. The Kier molecular flexibility index (Phi) is 2.58. The SMILES string of the molecule is Cc1[nH]c2c(c1C)C(c1cnc(N)[nH]1)CCNC2=O. The summed E-state index contributed by atoms with van der Waals surface area (Å²) in [6.07, 6.45) is 2.58. The topological polar surface area (TPSA) is 99.6 Å². The molecule has 6 nitrogen and oxygen atoms in total. The molecule has 1 aliphatic rings. The number of rotatable bonds is 1. The largest absolute Gasteiger partial charge is 0.369 e. The van der Waals surface area contributed by atoms with Gasteiger partial charge in [-0.25, -0.2) is 4.98 Å². The van der Waals surface area contributed by atoms with E-state index in [2.05, 4.69) is 20.3 Å². The average molecular weight is 259 g/mol. The molecule has 0 aromatic carbocycles. The normalized spacial score (nSPS) is 18.8. The molecular formula is C13H17N5O. The summed E-state index contributed by atoms with van der Waals surface area (Å²) in [5.41, 5.74) is 10.5. The lowest BCUT2D eigenvalue weighted by atomic mass is 9.90. The van der Waals surface area contributed by atoms with Crippen LogP contribution in [0.15, 0.2) is 6.20 Å². The van der Waals surface area contributed by atoms with E-state index >= 15 is 0 Å². The molecule has 19 heavy (non-hydrogen) atoms. The predicted molar refractivity (Wildman–Crippen MR) is 72.1 cm³/mol. The summed E-state index contributed by atoms with van der Waals surface area (Å²) in [6.45, 7) is 4.66. The van der Waals surface area contributed by atoms with Crippen molar-refractivity contribution < 1.29 is 4.79 Å². The number of H-pyrrole nitrogens is 2. The van der Waals surface area contributed by atoms with E-state index in [1.165, 1.54) is 0 Å². The molecule has 100 valence electrons. The van der Waals surface area contributed by atoms with Gasteiger partial charge in [0.2, 0.25) is 0 Å². The third-order valence-corrected chi connectivity index (χ3v) is 3.83. The van der Waals surface area contributed by atoms with Crippen molar-refractivity contribution in [3.8, 4) is 0 Å². The third-order valence-electron chi connectivity index (χ3n) is 3.83. The average Bonchev–Trinajstić information content (AvgIpc) is 2.87. The number of carbonyl (C=O) groups is 1. The van der Waals surface area contributed by atoms with Gasteiger partial charge < -0.3 is 21.0 Å². The molecule has 3 heterocycles. The quantitative estimate of drug-likeness (QED) is 0.619. The van der Waals surface area contributed by atoms with E-state index in [9.17, 15) is 4.79 Å². The van der Waals surface area contributed by atoms with Gasteiger partial charge in [-0.3, -0.25) is 4.79 Å². The Hall–Kier alpha value is -2.24. The Labute approximate surface area is 110 Å². The van der Waals surface area contributed by atoms with E-state index in [-0.39, 0.29) is 11.8 Å². The lowest BCUT2D eigenvalue weighted by molar-refractivity contribution is 0.0951. The van der Waals surface area contributed by atoms with Crippen molar-refractivity contribution in [2.75, 3.05) is 12.3 Å². The summed E-state index contributed by atoms with van der Waals surface area (Å²) in [6, 6.07) is 0. The van der Waals surface area contributed by atoms with Crippen LogP contribution in [0.3, 0.4) is 0 Å². The number of fused-ring (bicyclic) bond motifs is 1. The number of aryl methyl sites for hydroxylation is 1. The van der Waals surface area contributed by atoms with Gasteiger partial charge in [0.15, 0.2) is 5.95 Å². The van der Waals surface area contributed by atoms with Crippen molar-refractivity contribution in [2.24, 2.45) is 0 Å². The number of imidazole rings is 1. The van der Waals surface area contributed by atoms with Gasteiger partial charge in [-0.1, -0.05) is 0 Å². The van der Waals surface area contributed by atoms with E-state index in [0.717, 1.165) is 28.9 Å². The minimum Gasteiger partial charge on any atom is -0.369 e. The van der Waals surface area contributed by atoms with Gasteiger partial charge in [0.05, 0.1) is 6.20 Å². The number of nitrogens with zero attached hydrogens (tertiary/aromatic N) is 1. The molecule has 1 atom stereocenters. The number of amides is 1. The van der Waals surface area contributed by atoms with Crippen LogP contribution >= 0.6 is 0 Å². The highest BCUT2D eigenvalue weighted by Gasteiger charge is 2.29. The fourth-order valence-corrected chi connectivity index (χ4v) is 2.76. The molecule has 0 radical (unpaired) electrons. The van der Waals surface area contributed by atoms with Crippen LogP contribution in [-0.4, -0.2) is 27.4 Å². The van der Waals surface area contributed by atoms with E-state index in [1.807, 2.05) is 13.8 Å². The van der Waals surface area contributed by atoms with Crippen molar-refractivity contribution in [3.05, 3.63) is 34.4 Å². The Bertz CT molecular complexity index is 639. The fraction of sp³-hybridized carbons (Fsp3) is 0.385. The van der Waals surface area contributed by atoms with E-state index in [1.54, 1.807) is 6.20 Å². The van der Waals surface area contributed by atoms with Crippen LogP contribution in [0.1, 0.15) is 45.3 Å².